The number of fused-ring (bicyclic) bond motifs is 1. The van der Waals surface area contributed by atoms with Gasteiger partial charge in [0.1, 0.15) is 0 Å². The van der Waals surface area contributed by atoms with E-state index in [0.717, 1.165) is 5.56 Å². The van der Waals surface area contributed by atoms with E-state index in [1.54, 1.807) is 12.1 Å². The van der Waals surface area contributed by atoms with Gasteiger partial charge < -0.3 is 9.40 Å². The van der Waals surface area contributed by atoms with Crippen LogP contribution in [0.1, 0.15) is 32.7 Å². The average molecular weight is 298 g/mol. The monoisotopic (exact) mass is 298 g/mol. The van der Waals surface area contributed by atoms with Gasteiger partial charge in [-0.1, -0.05) is 17.2 Å². The Kier molecular flexibility index (Phi) is 3.50. The highest BCUT2D eigenvalue weighted by atomic mass is 16.7. The molecule has 1 aromatic carbocycles. The number of hydrogen-bond donors (Lipinski definition) is 0. The predicted octanol–water partition coefficient (Wildman–Crippen LogP) is 1.71. The van der Waals surface area contributed by atoms with Crippen LogP contribution in [-0.4, -0.2) is 27.4 Å². The zero-order valence-electron chi connectivity index (χ0n) is 12.0. The van der Waals surface area contributed by atoms with E-state index in [0.29, 0.717) is 11.5 Å². The van der Waals surface area contributed by atoms with Crippen LogP contribution in [0.15, 0.2) is 42.7 Å². The summed E-state index contributed by atoms with van der Waals surface area (Å²) in [6.45, 7) is 0. The van der Waals surface area contributed by atoms with Gasteiger partial charge in [-0.15, -0.1) is 0 Å². The van der Waals surface area contributed by atoms with Gasteiger partial charge in [-0.25, -0.2) is 4.79 Å². The number of rotatable bonds is 4. The van der Waals surface area contributed by atoms with Crippen LogP contribution in [0.2, 0.25) is 0 Å². The fourth-order valence-electron chi connectivity index (χ4n) is 2.35. The second-order valence-corrected chi connectivity index (χ2v) is 5.10. The topological polar surface area (TPSA) is 68.6 Å². The Hall–Kier alpha value is -2.89. The van der Waals surface area contributed by atoms with Crippen LogP contribution in [-0.2, 0) is 23.1 Å². The lowest BCUT2D eigenvalue weighted by molar-refractivity contribution is -0.168. The molecule has 1 aliphatic heterocycles. The number of aromatic nitrogens is 1. The van der Waals surface area contributed by atoms with Gasteiger partial charge in [-0.3, -0.25) is 9.59 Å². The number of hydrogen-bond acceptors (Lipinski definition) is 4. The van der Waals surface area contributed by atoms with E-state index < -0.39 is 17.8 Å². The highest BCUT2D eigenvalue weighted by Crippen LogP contribution is 2.22. The Morgan fingerprint density at radius 3 is 2.27 bits per heavy atom. The van der Waals surface area contributed by atoms with Crippen molar-refractivity contribution in [1.29, 1.82) is 0 Å². The number of carbonyl (C=O) groups excluding carboxylic acids is 3. The molecule has 1 aliphatic rings. The highest BCUT2D eigenvalue weighted by molar-refractivity contribution is 6.20. The minimum atomic E-state index is -0.613. The zero-order chi connectivity index (χ0) is 15.7. The fraction of sp³-hybridized carbons (Fsp3) is 0.188. The third kappa shape index (κ3) is 2.50. The minimum absolute atomic E-state index is 0.0947. The van der Waals surface area contributed by atoms with Gasteiger partial charge in [0, 0.05) is 19.4 Å². The van der Waals surface area contributed by atoms with Gasteiger partial charge in [0.25, 0.3) is 11.8 Å². The lowest BCUT2D eigenvalue weighted by atomic mass is 10.1. The van der Waals surface area contributed by atoms with Crippen LogP contribution < -0.4 is 0 Å². The second-order valence-electron chi connectivity index (χ2n) is 5.10. The van der Waals surface area contributed by atoms with Crippen LogP contribution in [0.4, 0.5) is 0 Å². The standard InChI is InChI=1S/C16H14N2O4/c1-17-9-8-11(10-17)6-7-14(19)22-18-15(20)12-4-2-3-5-13(12)16(18)21/h2-5,8-10H,6-7H2,1H3. The molecule has 2 amide bonds. The molecule has 0 saturated carbocycles. The molecule has 22 heavy (non-hydrogen) atoms. The predicted molar refractivity (Wildman–Crippen MR) is 76.8 cm³/mol. The van der Waals surface area contributed by atoms with Crippen molar-refractivity contribution in [3.8, 4) is 0 Å². The van der Waals surface area contributed by atoms with E-state index >= 15 is 0 Å². The third-order valence-electron chi connectivity index (χ3n) is 3.46. The van der Waals surface area contributed by atoms with Crippen molar-refractivity contribution in [2.24, 2.45) is 7.05 Å². The first kappa shape index (κ1) is 14.1. The normalized spacial score (nSPS) is 13.4. The molecule has 0 bridgehead atoms. The van der Waals surface area contributed by atoms with Crippen molar-refractivity contribution in [3.05, 3.63) is 59.4 Å². The van der Waals surface area contributed by atoms with E-state index in [1.807, 2.05) is 30.1 Å². The molecule has 0 saturated heterocycles. The van der Waals surface area contributed by atoms with E-state index in [2.05, 4.69) is 0 Å². The molecule has 0 radical (unpaired) electrons. The van der Waals surface area contributed by atoms with Crippen LogP contribution in [0.25, 0.3) is 0 Å². The summed E-state index contributed by atoms with van der Waals surface area (Å²) >= 11 is 0. The summed E-state index contributed by atoms with van der Waals surface area (Å²) in [5, 5.41) is 0.540. The summed E-state index contributed by atoms with van der Waals surface area (Å²) in [6, 6.07) is 8.28. The van der Waals surface area contributed by atoms with Crippen molar-refractivity contribution < 1.29 is 19.2 Å². The summed E-state index contributed by atoms with van der Waals surface area (Å²) < 4.78 is 1.88. The van der Waals surface area contributed by atoms with Crippen LogP contribution in [0, 0.1) is 0 Å². The van der Waals surface area contributed by atoms with E-state index in [9.17, 15) is 14.4 Å². The molecule has 3 rings (SSSR count). The van der Waals surface area contributed by atoms with Gasteiger partial charge >= 0.3 is 5.97 Å². The van der Waals surface area contributed by atoms with E-state index in [1.165, 1.54) is 12.1 Å². The summed E-state index contributed by atoms with van der Waals surface area (Å²) in [6.07, 6.45) is 4.36. The maximum Gasteiger partial charge on any atom is 0.333 e. The molecule has 0 atom stereocenters. The zero-order valence-corrected chi connectivity index (χ0v) is 12.0. The third-order valence-corrected chi connectivity index (χ3v) is 3.46. The van der Waals surface area contributed by atoms with Crippen LogP contribution in [0.3, 0.4) is 0 Å². The molecule has 1 aromatic heterocycles. The lowest BCUT2D eigenvalue weighted by Gasteiger charge is -2.12. The largest absolute Gasteiger partial charge is 0.357 e. The van der Waals surface area contributed by atoms with Crippen molar-refractivity contribution in [3.63, 3.8) is 0 Å². The molecule has 0 spiro atoms. The van der Waals surface area contributed by atoms with Crippen molar-refractivity contribution >= 4 is 17.8 Å². The van der Waals surface area contributed by atoms with Crippen molar-refractivity contribution in [2.45, 2.75) is 12.8 Å². The molecule has 0 N–H and O–H groups in total. The molecule has 6 nitrogen and oxygen atoms in total. The molecular formula is C16H14N2O4. The second kappa shape index (κ2) is 5.48. The molecule has 0 fully saturated rings. The number of amides is 2. The summed E-state index contributed by atoms with van der Waals surface area (Å²) in [7, 11) is 1.89. The number of hydroxylamine groups is 2. The van der Waals surface area contributed by atoms with Gasteiger partial charge in [-0.2, -0.15) is 0 Å². The average Bonchev–Trinajstić information content (AvgIpc) is 3.03. The first-order valence-electron chi connectivity index (χ1n) is 6.86. The SMILES string of the molecule is Cn1ccc(CCC(=O)ON2C(=O)c3ccccc3C2=O)c1. The van der Waals surface area contributed by atoms with Crippen LogP contribution >= 0.6 is 0 Å². The Morgan fingerprint density at radius 2 is 1.73 bits per heavy atom. The van der Waals surface area contributed by atoms with Crippen molar-refractivity contribution in [2.75, 3.05) is 0 Å². The number of nitrogens with zero attached hydrogens (tertiary/aromatic N) is 2. The molecular weight excluding hydrogens is 284 g/mol. The Morgan fingerprint density at radius 1 is 1.09 bits per heavy atom. The highest BCUT2D eigenvalue weighted by Gasteiger charge is 2.38. The molecule has 0 aliphatic carbocycles. The minimum Gasteiger partial charge on any atom is -0.357 e. The van der Waals surface area contributed by atoms with Gasteiger partial charge in [0.05, 0.1) is 17.5 Å². The summed E-state index contributed by atoms with van der Waals surface area (Å²) in [5.74, 6) is -1.82. The number of carbonyl (C=O) groups is 3. The summed E-state index contributed by atoms with van der Waals surface area (Å²) in [4.78, 5) is 40.9. The Bertz CT molecular complexity index is 728. The molecule has 0 unspecified atom stereocenters. The maximum atomic E-state index is 12.0. The van der Waals surface area contributed by atoms with Gasteiger partial charge in [0.15, 0.2) is 0 Å². The van der Waals surface area contributed by atoms with Gasteiger partial charge in [0.2, 0.25) is 0 Å². The quantitative estimate of drug-likeness (QED) is 0.806. The summed E-state index contributed by atoms with van der Waals surface area (Å²) in [5.41, 5.74) is 1.49. The first-order chi connectivity index (χ1) is 10.6. The van der Waals surface area contributed by atoms with E-state index in [4.69, 9.17) is 4.84 Å². The number of benzene rings is 1. The molecule has 2 heterocycles. The Balaban J connectivity index is 1.63. The van der Waals surface area contributed by atoms with Crippen LogP contribution in [0.5, 0.6) is 0 Å². The molecule has 2 aromatic rings. The fourth-order valence-corrected chi connectivity index (χ4v) is 2.35. The number of aryl methyl sites for hydroxylation is 2. The van der Waals surface area contributed by atoms with Gasteiger partial charge in [-0.05, 0) is 30.2 Å². The Labute approximate surface area is 126 Å². The molecule has 6 heteroatoms. The molecule has 112 valence electrons. The van der Waals surface area contributed by atoms with Crippen molar-refractivity contribution in [1.82, 2.24) is 9.63 Å². The maximum absolute atomic E-state index is 12.0. The first-order valence-corrected chi connectivity index (χ1v) is 6.86. The number of imide groups is 1. The van der Waals surface area contributed by atoms with E-state index in [-0.39, 0.29) is 17.5 Å². The lowest BCUT2D eigenvalue weighted by Crippen LogP contribution is -2.32. The smallest absolute Gasteiger partial charge is 0.333 e.